The van der Waals surface area contributed by atoms with Crippen LogP contribution in [0.2, 0.25) is 0 Å². The minimum atomic E-state index is 0.926. The van der Waals surface area contributed by atoms with Gasteiger partial charge in [-0.25, -0.2) is 0 Å². The second-order valence-electron chi connectivity index (χ2n) is 4.53. The van der Waals surface area contributed by atoms with Crippen LogP contribution in [-0.2, 0) is 0 Å². The zero-order valence-corrected chi connectivity index (χ0v) is 16.7. The van der Waals surface area contributed by atoms with Crippen molar-refractivity contribution in [3.05, 3.63) is 66.4 Å². The van der Waals surface area contributed by atoms with Crippen molar-refractivity contribution in [3.63, 3.8) is 0 Å². The summed E-state index contributed by atoms with van der Waals surface area (Å²) in [7, 11) is 5.64. The molecule has 0 aliphatic heterocycles. The van der Waals surface area contributed by atoms with E-state index in [9.17, 15) is 0 Å². The van der Waals surface area contributed by atoms with Crippen molar-refractivity contribution in [3.8, 4) is 5.75 Å². The van der Waals surface area contributed by atoms with Crippen LogP contribution in [0.15, 0.2) is 60.8 Å². The van der Waals surface area contributed by atoms with Crippen LogP contribution in [-0.4, -0.2) is 26.1 Å². The molecule has 0 heterocycles. The number of hydrogen-bond acceptors (Lipinski definition) is 2. The minimum absolute atomic E-state index is 0.926. The number of aryl methyl sites for hydroxylation is 1. The molecule has 0 unspecified atom stereocenters. The number of likely N-dealkylation sites (N-methyl/N-ethyl adjacent to an activating group) is 1. The van der Waals surface area contributed by atoms with Crippen molar-refractivity contribution in [1.82, 2.24) is 4.90 Å². The maximum Gasteiger partial charge on any atom is 0.119 e. The van der Waals surface area contributed by atoms with Gasteiger partial charge in [0.15, 0.2) is 0 Å². The average Bonchev–Trinajstić information content (AvgIpc) is 2.56. The number of ether oxygens (including phenoxy) is 1. The summed E-state index contributed by atoms with van der Waals surface area (Å²) < 4.78 is 5.00. The Morgan fingerprint density at radius 3 is 1.87 bits per heavy atom. The minimum Gasteiger partial charge on any atom is -0.497 e. The quantitative estimate of drug-likeness (QED) is 0.608. The van der Waals surface area contributed by atoms with Gasteiger partial charge in [0.05, 0.1) is 7.11 Å². The Bertz CT molecular complexity index is 445. The van der Waals surface area contributed by atoms with E-state index >= 15 is 0 Å². The molecule has 23 heavy (non-hydrogen) atoms. The molecule has 0 N–H and O–H groups in total. The van der Waals surface area contributed by atoms with Crippen LogP contribution in [0.25, 0.3) is 0 Å². The number of methoxy groups -OCH3 is 1. The SMILES string of the molecule is C=C/C(=C\C(=C)C)N(C)C.CC.CC.COc1cccc(C)c1. The van der Waals surface area contributed by atoms with Crippen molar-refractivity contribution in [2.24, 2.45) is 0 Å². The Labute approximate surface area is 145 Å². The molecule has 0 saturated heterocycles. The van der Waals surface area contributed by atoms with Gasteiger partial charge in [0.2, 0.25) is 0 Å². The normalized spacial score (nSPS) is 8.83. The van der Waals surface area contributed by atoms with Crippen LogP contribution >= 0.6 is 0 Å². The Morgan fingerprint density at radius 2 is 1.65 bits per heavy atom. The third-order valence-electron chi connectivity index (χ3n) is 2.35. The largest absolute Gasteiger partial charge is 0.497 e. The Hall–Kier alpha value is -1.96. The third kappa shape index (κ3) is 16.2. The first-order chi connectivity index (χ1) is 10.9. The Kier molecular flexibility index (Phi) is 20.4. The molecule has 1 aromatic carbocycles. The average molecular weight is 320 g/mol. The fourth-order valence-corrected chi connectivity index (χ4v) is 1.37. The van der Waals surface area contributed by atoms with Gasteiger partial charge in [0.25, 0.3) is 0 Å². The highest BCUT2D eigenvalue weighted by Gasteiger charge is 1.91. The number of allylic oxidation sites excluding steroid dienone is 3. The van der Waals surface area contributed by atoms with Crippen LogP contribution in [0, 0.1) is 6.92 Å². The van der Waals surface area contributed by atoms with E-state index in [4.69, 9.17) is 4.74 Å². The zero-order chi connectivity index (χ0) is 18.8. The van der Waals surface area contributed by atoms with E-state index < -0.39 is 0 Å². The Balaban J connectivity index is -0.000000286. The first kappa shape index (κ1) is 26.0. The van der Waals surface area contributed by atoms with E-state index in [0.717, 1.165) is 17.0 Å². The van der Waals surface area contributed by atoms with Gasteiger partial charge in [-0.3, -0.25) is 0 Å². The highest BCUT2D eigenvalue weighted by Crippen LogP contribution is 2.10. The fourth-order valence-electron chi connectivity index (χ4n) is 1.37. The Morgan fingerprint density at radius 1 is 1.13 bits per heavy atom. The molecule has 0 fully saturated rings. The maximum atomic E-state index is 5.00. The first-order valence-electron chi connectivity index (χ1n) is 8.18. The van der Waals surface area contributed by atoms with Gasteiger partial charge < -0.3 is 9.64 Å². The predicted molar refractivity (Wildman–Crippen MR) is 107 cm³/mol. The second-order valence-corrected chi connectivity index (χ2v) is 4.53. The van der Waals surface area contributed by atoms with E-state index in [1.54, 1.807) is 7.11 Å². The van der Waals surface area contributed by atoms with E-state index in [0.29, 0.717) is 0 Å². The summed E-state index contributed by atoms with van der Waals surface area (Å²) in [5.41, 5.74) is 3.37. The van der Waals surface area contributed by atoms with Gasteiger partial charge in [-0.2, -0.15) is 0 Å². The lowest BCUT2D eigenvalue weighted by Gasteiger charge is -2.12. The molecule has 1 aromatic rings. The van der Waals surface area contributed by atoms with Gasteiger partial charge in [-0.1, -0.05) is 58.6 Å². The third-order valence-corrected chi connectivity index (χ3v) is 2.35. The summed E-state index contributed by atoms with van der Waals surface area (Å²) in [4.78, 5) is 2.00. The topological polar surface area (TPSA) is 12.5 Å². The molecular formula is C21H37NO. The molecular weight excluding hydrogens is 282 g/mol. The van der Waals surface area contributed by atoms with Gasteiger partial charge in [-0.05, 0) is 43.7 Å². The molecule has 0 aliphatic carbocycles. The predicted octanol–water partition coefficient (Wildman–Crippen LogP) is 6.25. The van der Waals surface area contributed by atoms with E-state index in [1.165, 1.54) is 5.56 Å². The van der Waals surface area contributed by atoms with E-state index in [2.05, 4.69) is 13.2 Å². The molecule has 0 atom stereocenters. The molecule has 0 aliphatic rings. The molecule has 0 radical (unpaired) electrons. The van der Waals surface area contributed by atoms with Gasteiger partial charge in [0, 0.05) is 19.8 Å². The maximum absolute atomic E-state index is 5.00. The molecule has 0 saturated carbocycles. The van der Waals surface area contributed by atoms with Crippen LogP contribution in [0.1, 0.15) is 40.2 Å². The van der Waals surface area contributed by atoms with E-state index in [1.807, 2.05) is 97.0 Å². The molecule has 0 spiro atoms. The monoisotopic (exact) mass is 319 g/mol. The molecule has 0 aromatic heterocycles. The fraction of sp³-hybridized carbons (Fsp3) is 0.429. The van der Waals surface area contributed by atoms with Crippen molar-refractivity contribution in [1.29, 1.82) is 0 Å². The molecule has 1 rings (SSSR count). The van der Waals surface area contributed by atoms with Gasteiger partial charge in [0.1, 0.15) is 5.75 Å². The number of rotatable bonds is 4. The standard InChI is InChI=1S/C9H15N.C8H10O.2C2H6/c1-6-9(10(4)5)7-8(2)3;1-7-4-3-5-8(6-7)9-2;2*1-2/h6-7H,1-2H2,3-5H3;3-6H,1-2H3;2*1-2H3/b9-7+;;;. The summed E-state index contributed by atoms with van der Waals surface area (Å²) >= 11 is 0. The number of benzene rings is 1. The highest BCUT2D eigenvalue weighted by molar-refractivity contribution is 5.27. The zero-order valence-electron chi connectivity index (χ0n) is 16.7. The van der Waals surface area contributed by atoms with Crippen LogP contribution in [0.5, 0.6) is 5.75 Å². The smallest absolute Gasteiger partial charge is 0.119 e. The number of hydrogen-bond donors (Lipinski definition) is 0. The summed E-state index contributed by atoms with van der Waals surface area (Å²) in [5, 5.41) is 0. The number of nitrogens with zero attached hydrogens (tertiary/aromatic N) is 1. The van der Waals surface area contributed by atoms with Crippen molar-refractivity contribution < 1.29 is 4.74 Å². The molecule has 2 nitrogen and oxygen atoms in total. The van der Waals surface area contributed by atoms with Gasteiger partial charge >= 0.3 is 0 Å². The van der Waals surface area contributed by atoms with Gasteiger partial charge in [-0.15, -0.1) is 0 Å². The molecule has 2 heteroatoms. The molecule has 0 bridgehead atoms. The first-order valence-corrected chi connectivity index (χ1v) is 8.18. The summed E-state index contributed by atoms with van der Waals surface area (Å²) in [6, 6.07) is 7.96. The van der Waals surface area contributed by atoms with E-state index in [-0.39, 0.29) is 0 Å². The van der Waals surface area contributed by atoms with Crippen molar-refractivity contribution in [2.75, 3.05) is 21.2 Å². The van der Waals surface area contributed by atoms with Crippen LogP contribution in [0.4, 0.5) is 0 Å². The lowest BCUT2D eigenvalue weighted by atomic mass is 10.2. The van der Waals surface area contributed by atoms with Crippen LogP contribution in [0.3, 0.4) is 0 Å². The lowest BCUT2D eigenvalue weighted by Crippen LogP contribution is -2.08. The second kappa shape index (κ2) is 18.1. The summed E-state index contributed by atoms with van der Waals surface area (Å²) in [5.74, 6) is 0.926. The molecule has 132 valence electrons. The van der Waals surface area contributed by atoms with Crippen molar-refractivity contribution >= 4 is 0 Å². The lowest BCUT2D eigenvalue weighted by molar-refractivity contribution is 0.414. The van der Waals surface area contributed by atoms with Crippen LogP contribution < -0.4 is 4.74 Å². The summed E-state index contributed by atoms with van der Waals surface area (Å²) in [6.45, 7) is 19.5. The molecule has 0 amide bonds. The summed E-state index contributed by atoms with van der Waals surface area (Å²) in [6.07, 6.45) is 3.81. The highest BCUT2D eigenvalue weighted by atomic mass is 16.5. The van der Waals surface area contributed by atoms with Crippen molar-refractivity contribution in [2.45, 2.75) is 41.5 Å².